The molecule has 1 nitrogen and oxygen atoms in total. The highest BCUT2D eigenvalue weighted by atomic mass is 79.9. The van der Waals surface area contributed by atoms with Gasteiger partial charge in [0.15, 0.2) is 0 Å². The highest BCUT2D eigenvalue weighted by Gasteiger charge is 2.39. The van der Waals surface area contributed by atoms with Gasteiger partial charge in [0.05, 0.1) is 10.4 Å². The molecular formula is C12H13Br2F3O. The Morgan fingerprint density at radius 1 is 1.17 bits per heavy atom. The topological polar surface area (TPSA) is 20.2 Å². The van der Waals surface area contributed by atoms with Crippen LogP contribution in [0.15, 0.2) is 15.0 Å². The van der Waals surface area contributed by atoms with Gasteiger partial charge < -0.3 is 5.11 Å². The molecule has 0 aliphatic heterocycles. The van der Waals surface area contributed by atoms with Gasteiger partial charge in [-0.25, -0.2) is 0 Å². The molecule has 1 rings (SSSR count). The molecule has 1 N–H and O–H groups in total. The fourth-order valence-electron chi connectivity index (χ4n) is 1.68. The molecule has 0 aliphatic carbocycles. The fraction of sp³-hybridized carbons (Fsp3) is 0.500. The summed E-state index contributed by atoms with van der Waals surface area (Å²) in [4.78, 5) is 0. The second kappa shape index (κ2) is 5.41. The Bertz CT molecular complexity index is 456. The molecule has 0 fully saturated rings. The van der Waals surface area contributed by atoms with Crippen molar-refractivity contribution in [2.45, 2.75) is 38.8 Å². The molecule has 0 spiro atoms. The summed E-state index contributed by atoms with van der Waals surface area (Å²) < 4.78 is 39.0. The molecule has 0 heterocycles. The van der Waals surface area contributed by atoms with Crippen LogP contribution in [0.5, 0.6) is 5.75 Å². The molecule has 0 saturated heterocycles. The number of aromatic hydroxyl groups is 1. The first kappa shape index (κ1) is 15.8. The van der Waals surface area contributed by atoms with Crippen molar-refractivity contribution >= 4 is 31.9 Å². The minimum Gasteiger partial charge on any atom is -0.506 e. The van der Waals surface area contributed by atoms with Crippen molar-refractivity contribution in [3.63, 3.8) is 0 Å². The predicted octanol–water partition coefficient (Wildman–Crippen LogP) is 5.71. The maximum absolute atomic E-state index is 12.7. The van der Waals surface area contributed by atoms with Crippen LogP contribution in [0.3, 0.4) is 0 Å². The first-order chi connectivity index (χ1) is 8.07. The largest absolute Gasteiger partial charge is 0.506 e. The number of phenolic OH excluding ortho intramolecular Hbond substituents is 1. The third-order valence-electron chi connectivity index (χ3n) is 2.79. The van der Waals surface area contributed by atoms with E-state index < -0.39 is 12.1 Å². The second-order valence-electron chi connectivity index (χ2n) is 4.44. The zero-order valence-corrected chi connectivity index (χ0v) is 13.2. The van der Waals surface area contributed by atoms with Crippen LogP contribution in [-0.4, -0.2) is 11.3 Å². The van der Waals surface area contributed by atoms with Gasteiger partial charge in [0.2, 0.25) is 0 Å². The summed E-state index contributed by atoms with van der Waals surface area (Å²) in [5.41, 5.74) is 0.622. The molecule has 1 aromatic rings. The first-order valence-electron chi connectivity index (χ1n) is 5.34. The minimum atomic E-state index is -4.38. The highest BCUT2D eigenvalue weighted by molar-refractivity contribution is 9.11. The van der Waals surface area contributed by atoms with Gasteiger partial charge in [0, 0.05) is 10.0 Å². The Labute approximate surface area is 121 Å². The molecule has 0 aliphatic rings. The van der Waals surface area contributed by atoms with Crippen LogP contribution in [0.1, 0.15) is 43.7 Å². The van der Waals surface area contributed by atoms with Crippen LogP contribution in [0.2, 0.25) is 0 Å². The summed E-state index contributed by atoms with van der Waals surface area (Å²) in [6.07, 6.45) is -4.38. The van der Waals surface area contributed by atoms with Gasteiger partial charge >= 0.3 is 6.18 Å². The summed E-state index contributed by atoms with van der Waals surface area (Å²) in [5.74, 6) is -1.98. The van der Waals surface area contributed by atoms with Crippen molar-refractivity contribution in [3.05, 3.63) is 26.1 Å². The summed E-state index contributed by atoms with van der Waals surface area (Å²) in [6.45, 7) is 4.83. The van der Waals surface area contributed by atoms with E-state index in [1.165, 1.54) is 6.07 Å². The molecular weight excluding hydrogens is 377 g/mol. The van der Waals surface area contributed by atoms with Gasteiger partial charge in [0.25, 0.3) is 0 Å². The number of phenols is 1. The predicted molar refractivity (Wildman–Crippen MR) is 72.1 cm³/mol. The molecule has 1 aromatic carbocycles. The van der Waals surface area contributed by atoms with Gasteiger partial charge in [-0.2, -0.15) is 13.2 Å². The van der Waals surface area contributed by atoms with E-state index in [-0.39, 0.29) is 17.2 Å². The SMILES string of the molecule is CC(C)c1c(Br)cc(C(C)C(F)(F)F)c(O)c1Br. The maximum atomic E-state index is 12.7. The number of benzene rings is 1. The smallest absolute Gasteiger partial charge is 0.395 e. The fourth-order valence-corrected chi connectivity index (χ4v) is 3.75. The Morgan fingerprint density at radius 2 is 1.67 bits per heavy atom. The minimum absolute atomic E-state index is 0.0786. The van der Waals surface area contributed by atoms with Gasteiger partial charge in [-0.15, -0.1) is 0 Å². The normalized spacial score (nSPS) is 14.1. The van der Waals surface area contributed by atoms with Crippen LogP contribution in [0, 0.1) is 0 Å². The van der Waals surface area contributed by atoms with Gasteiger partial charge in [-0.1, -0.05) is 29.8 Å². The molecule has 18 heavy (non-hydrogen) atoms. The summed E-state index contributed by atoms with van der Waals surface area (Å²) in [7, 11) is 0. The summed E-state index contributed by atoms with van der Waals surface area (Å²) in [6, 6.07) is 1.34. The lowest BCUT2D eigenvalue weighted by Crippen LogP contribution is -2.18. The quantitative estimate of drug-likeness (QED) is 0.687. The molecule has 0 bridgehead atoms. The summed E-state index contributed by atoms with van der Waals surface area (Å²) >= 11 is 6.43. The standard InChI is InChI=1S/C12H13Br2F3O/c1-5(2)9-8(13)4-7(11(18)10(9)14)6(3)12(15,16)17/h4-6,18H,1-3H3. The van der Waals surface area contributed by atoms with E-state index in [9.17, 15) is 18.3 Å². The van der Waals surface area contributed by atoms with E-state index in [0.717, 1.165) is 12.5 Å². The Kier molecular flexibility index (Phi) is 4.76. The zero-order valence-electron chi connectivity index (χ0n) is 10.1. The number of hydrogen-bond acceptors (Lipinski definition) is 1. The van der Waals surface area contributed by atoms with E-state index >= 15 is 0 Å². The lowest BCUT2D eigenvalue weighted by atomic mass is 9.95. The van der Waals surface area contributed by atoms with Crippen LogP contribution in [0.4, 0.5) is 13.2 Å². The summed E-state index contributed by atoms with van der Waals surface area (Å²) in [5, 5.41) is 9.92. The molecule has 1 unspecified atom stereocenters. The number of rotatable bonds is 2. The van der Waals surface area contributed by atoms with E-state index in [1.807, 2.05) is 13.8 Å². The second-order valence-corrected chi connectivity index (χ2v) is 6.09. The highest BCUT2D eigenvalue weighted by Crippen LogP contribution is 2.46. The zero-order chi connectivity index (χ0) is 14.2. The molecule has 6 heteroatoms. The van der Waals surface area contributed by atoms with Crippen molar-refractivity contribution < 1.29 is 18.3 Å². The molecule has 0 aromatic heterocycles. The van der Waals surface area contributed by atoms with E-state index in [2.05, 4.69) is 31.9 Å². The van der Waals surface area contributed by atoms with E-state index in [1.54, 1.807) is 0 Å². The third kappa shape index (κ3) is 3.02. The molecule has 0 amide bonds. The van der Waals surface area contributed by atoms with Crippen molar-refractivity contribution in [2.75, 3.05) is 0 Å². The van der Waals surface area contributed by atoms with Crippen molar-refractivity contribution in [3.8, 4) is 5.75 Å². The van der Waals surface area contributed by atoms with Crippen LogP contribution in [-0.2, 0) is 0 Å². The Morgan fingerprint density at radius 3 is 2.06 bits per heavy atom. The van der Waals surface area contributed by atoms with Crippen molar-refractivity contribution in [1.29, 1.82) is 0 Å². The monoisotopic (exact) mass is 388 g/mol. The van der Waals surface area contributed by atoms with Gasteiger partial charge in [0.1, 0.15) is 5.75 Å². The average Bonchev–Trinajstić information content (AvgIpc) is 2.20. The Balaban J connectivity index is 3.43. The van der Waals surface area contributed by atoms with Crippen LogP contribution >= 0.6 is 31.9 Å². The van der Waals surface area contributed by atoms with Crippen molar-refractivity contribution in [1.82, 2.24) is 0 Å². The lowest BCUT2D eigenvalue weighted by molar-refractivity contribution is -0.146. The molecule has 1 atom stereocenters. The van der Waals surface area contributed by atoms with E-state index in [0.29, 0.717) is 8.95 Å². The number of hydrogen-bond donors (Lipinski definition) is 1. The molecule has 0 saturated carbocycles. The number of halogens is 5. The maximum Gasteiger partial charge on any atom is 0.395 e. The van der Waals surface area contributed by atoms with Crippen LogP contribution in [0.25, 0.3) is 0 Å². The Hall–Kier alpha value is -0.230. The first-order valence-corrected chi connectivity index (χ1v) is 6.93. The third-order valence-corrected chi connectivity index (χ3v) is 4.25. The molecule has 0 radical (unpaired) electrons. The average molecular weight is 390 g/mol. The number of alkyl halides is 3. The van der Waals surface area contributed by atoms with E-state index in [4.69, 9.17) is 0 Å². The van der Waals surface area contributed by atoms with Crippen LogP contribution < -0.4 is 0 Å². The van der Waals surface area contributed by atoms with Crippen molar-refractivity contribution in [2.24, 2.45) is 0 Å². The lowest BCUT2D eigenvalue weighted by Gasteiger charge is -2.21. The van der Waals surface area contributed by atoms with Gasteiger partial charge in [-0.05, 0) is 40.4 Å². The van der Waals surface area contributed by atoms with Gasteiger partial charge in [-0.3, -0.25) is 0 Å². The molecule has 102 valence electrons.